The minimum atomic E-state index is -4.59. The monoisotopic (exact) mass is 240 g/mol. The fourth-order valence-corrected chi connectivity index (χ4v) is 1.42. The van der Waals surface area contributed by atoms with Crippen LogP contribution in [0.15, 0.2) is 30.3 Å². The first-order valence-electron chi connectivity index (χ1n) is 4.70. The summed E-state index contributed by atoms with van der Waals surface area (Å²) in [5.41, 5.74) is 0.290. The lowest BCUT2D eigenvalue weighted by molar-refractivity contribution is -0.144. The number of benzene rings is 1. The second-order valence-electron chi connectivity index (χ2n) is 3.33. The average Bonchev–Trinajstić information content (AvgIpc) is 2.73. The molecule has 0 atom stereocenters. The number of carbonyl (C=O) groups excluding carboxylic acids is 1. The van der Waals surface area contributed by atoms with E-state index < -0.39 is 12.0 Å². The van der Waals surface area contributed by atoms with Gasteiger partial charge in [-0.05, 0) is 0 Å². The molecule has 0 aliphatic heterocycles. The lowest BCUT2D eigenvalue weighted by Gasteiger charge is -1.99. The largest absolute Gasteiger partial charge is 0.449 e. The number of aromatic nitrogens is 2. The molecule has 17 heavy (non-hydrogen) atoms. The molecule has 1 N–H and O–H groups in total. The van der Waals surface area contributed by atoms with Gasteiger partial charge in [-0.25, -0.2) is 4.98 Å². The van der Waals surface area contributed by atoms with Crippen LogP contribution in [-0.2, 0) is 6.18 Å². The number of aromatic amines is 1. The molecular weight excluding hydrogens is 233 g/mol. The van der Waals surface area contributed by atoms with E-state index in [1.807, 2.05) is 4.98 Å². The van der Waals surface area contributed by atoms with Crippen molar-refractivity contribution in [1.29, 1.82) is 0 Å². The number of halogens is 3. The Morgan fingerprint density at radius 2 is 1.82 bits per heavy atom. The van der Waals surface area contributed by atoms with E-state index in [9.17, 15) is 18.0 Å². The number of imidazole rings is 1. The lowest BCUT2D eigenvalue weighted by Crippen LogP contribution is -2.07. The van der Waals surface area contributed by atoms with E-state index in [0.29, 0.717) is 11.8 Å². The van der Waals surface area contributed by atoms with Crippen LogP contribution in [0.5, 0.6) is 0 Å². The molecule has 1 aromatic carbocycles. The molecule has 2 rings (SSSR count). The van der Waals surface area contributed by atoms with E-state index in [0.717, 1.165) is 0 Å². The smallest absolute Gasteiger partial charge is 0.332 e. The molecule has 0 saturated heterocycles. The summed E-state index contributed by atoms with van der Waals surface area (Å²) in [6.45, 7) is 0. The number of hydrogen-bond donors (Lipinski definition) is 1. The van der Waals surface area contributed by atoms with Crippen LogP contribution >= 0.6 is 0 Å². The van der Waals surface area contributed by atoms with Gasteiger partial charge >= 0.3 is 6.18 Å². The van der Waals surface area contributed by atoms with Crippen molar-refractivity contribution in [2.75, 3.05) is 0 Å². The summed E-state index contributed by atoms with van der Waals surface area (Å²) in [5.74, 6) is -1.17. The fraction of sp³-hybridized carbons (Fsp3) is 0.0909. The van der Waals surface area contributed by atoms with E-state index >= 15 is 0 Å². The number of aldehydes is 1. The van der Waals surface area contributed by atoms with Crippen LogP contribution in [0.25, 0.3) is 11.3 Å². The minimum absolute atomic E-state index is 0.00734. The highest BCUT2D eigenvalue weighted by Gasteiger charge is 2.35. The molecule has 1 aromatic heterocycles. The van der Waals surface area contributed by atoms with Gasteiger partial charge in [-0.1, -0.05) is 30.3 Å². The zero-order chi connectivity index (χ0) is 12.5. The summed E-state index contributed by atoms with van der Waals surface area (Å²) in [7, 11) is 0. The third-order valence-electron chi connectivity index (χ3n) is 2.17. The number of rotatable bonds is 2. The molecule has 0 spiro atoms. The third-order valence-corrected chi connectivity index (χ3v) is 2.17. The predicted molar refractivity (Wildman–Crippen MR) is 54.4 cm³/mol. The number of nitrogens with zero attached hydrogens (tertiary/aromatic N) is 1. The van der Waals surface area contributed by atoms with Crippen molar-refractivity contribution in [3.05, 3.63) is 41.9 Å². The van der Waals surface area contributed by atoms with Crippen LogP contribution in [0.4, 0.5) is 13.2 Å². The molecule has 0 bridgehead atoms. The van der Waals surface area contributed by atoms with Crippen molar-refractivity contribution in [1.82, 2.24) is 9.97 Å². The van der Waals surface area contributed by atoms with Crippen molar-refractivity contribution in [3.8, 4) is 11.3 Å². The fourth-order valence-electron chi connectivity index (χ4n) is 1.42. The van der Waals surface area contributed by atoms with Crippen LogP contribution in [0.3, 0.4) is 0 Å². The molecule has 0 fully saturated rings. The van der Waals surface area contributed by atoms with Gasteiger partial charge in [0.25, 0.3) is 0 Å². The Labute approximate surface area is 94.3 Å². The summed E-state index contributed by atoms with van der Waals surface area (Å²) < 4.78 is 37.3. The Bertz CT molecular complexity index is 531. The topological polar surface area (TPSA) is 45.8 Å². The number of hydrogen-bond acceptors (Lipinski definition) is 2. The van der Waals surface area contributed by atoms with Crippen LogP contribution in [0, 0.1) is 0 Å². The maximum atomic E-state index is 12.4. The van der Waals surface area contributed by atoms with Gasteiger partial charge in [0.2, 0.25) is 5.82 Å². The van der Waals surface area contributed by atoms with Gasteiger partial charge in [-0.15, -0.1) is 0 Å². The van der Waals surface area contributed by atoms with Crippen molar-refractivity contribution in [2.24, 2.45) is 0 Å². The zero-order valence-corrected chi connectivity index (χ0v) is 8.45. The van der Waals surface area contributed by atoms with Gasteiger partial charge in [-0.3, -0.25) is 4.79 Å². The van der Waals surface area contributed by atoms with Crippen molar-refractivity contribution in [2.45, 2.75) is 6.18 Å². The SMILES string of the molecule is O=Cc1[nH]c(C(F)(F)F)nc1-c1ccccc1. The van der Waals surface area contributed by atoms with Crippen molar-refractivity contribution in [3.63, 3.8) is 0 Å². The Balaban J connectivity index is 2.55. The van der Waals surface area contributed by atoms with Gasteiger partial charge in [0.1, 0.15) is 5.69 Å². The quantitative estimate of drug-likeness (QED) is 0.820. The van der Waals surface area contributed by atoms with Crippen LogP contribution < -0.4 is 0 Å². The number of nitrogens with one attached hydrogen (secondary N) is 1. The molecule has 6 heteroatoms. The van der Waals surface area contributed by atoms with Crippen LogP contribution in [0.1, 0.15) is 16.3 Å². The first kappa shape index (κ1) is 11.4. The number of carbonyl (C=O) groups is 1. The summed E-state index contributed by atoms with van der Waals surface area (Å²) in [6.07, 6.45) is -4.27. The molecule has 0 saturated carbocycles. The van der Waals surface area contributed by atoms with E-state index in [2.05, 4.69) is 4.98 Å². The summed E-state index contributed by atoms with van der Waals surface area (Å²) in [4.78, 5) is 16.1. The van der Waals surface area contributed by atoms with Gasteiger partial charge in [0.15, 0.2) is 6.29 Å². The Morgan fingerprint density at radius 1 is 1.18 bits per heavy atom. The second kappa shape index (κ2) is 4.04. The first-order valence-corrected chi connectivity index (χ1v) is 4.70. The molecule has 88 valence electrons. The average molecular weight is 240 g/mol. The maximum Gasteiger partial charge on any atom is 0.449 e. The van der Waals surface area contributed by atoms with Crippen LogP contribution in [0.2, 0.25) is 0 Å². The molecule has 1 heterocycles. The predicted octanol–water partition coefficient (Wildman–Crippen LogP) is 2.91. The Hall–Kier alpha value is -2.11. The normalized spacial score (nSPS) is 11.5. The highest BCUT2D eigenvalue weighted by atomic mass is 19.4. The molecule has 0 aliphatic carbocycles. The van der Waals surface area contributed by atoms with Gasteiger partial charge in [0.05, 0.1) is 5.69 Å². The highest BCUT2D eigenvalue weighted by molar-refractivity contribution is 5.83. The van der Waals surface area contributed by atoms with E-state index in [1.165, 1.54) is 0 Å². The molecule has 0 radical (unpaired) electrons. The Kier molecular flexibility index (Phi) is 2.71. The van der Waals surface area contributed by atoms with Crippen molar-refractivity contribution < 1.29 is 18.0 Å². The molecule has 0 amide bonds. The number of H-pyrrole nitrogens is 1. The van der Waals surface area contributed by atoms with E-state index in [1.54, 1.807) is 30.3 Å². The number of alkyl halides is 3. The Morgan fingerprint density at radius 3 is 2.35 bits per heavy atom. The summed E-state index contributed by atoms with van der Waals surface area (Å²) in [6, 6.07) is 8.21. The van der Waals surface area contributed by atoms with E-state index in [4.69, 9.17) is 0 Å². The first-order chi connectivity index (χ1) is 8.02. The van der Waals surface area contributed by atoms with E-state index in [-0.39, 0.29) is 11.4 Å². The molecule has 0 unspecified atom stereocenters. The van der Waals surface area contributed by atoms with Gasteiger partial charge in [-0.2, -0.15) is 13.2 Å². The highest BCUT2D eigenvalue weighted by Crippen LogP contribution is 2.30. The molecule has 0 aliphatic rings. The van der Waals surface area contributed by atoms with Gasteiger partial charge < -0.3 is 4.98 Å². The molecule has 2 aromatic rings. The van der Waals surface area contributed by atoms with Crippen molar-refractivity contribution >= 4 is 6.29 Å². The summed E-state index contributed by atoms with van der Waals surface area (Å²) in [5, 5.41) is 0. The zero-order valence-electron chi connectivity index (χ0n) is 8.45. The summed E-state index contributed by atoms with van der Waals surface area (Å²) >= 11 is 0. The maximum absolute atomic E-state index is 12.4. The minimum Gasteiger partial charge on any atom is -0.332 e. The van der Waals surface area contributed by atoms with Gasteiger partial charge in [0, 0.05) is 5.56 Å². The standard InChI is InChI=1S/C11H7F3N2O/c12-11(13,14)10-15-8(6-17)9(16-10)7-4-2-1-3-5-7/h1-6H,(H,15,16). The molecular formula is C11H7F3N2O. The van der Waals surface area contributed by atoms with Crippen LogP contribution in [-0.4, -0.2) is 16.3 Å². The molecule has 3 nitrogen and oxygen atoms in total. The second-order valence-corrected chi connectivity index (χ2v) is 3.33. The lowest BCUT2D eigenvalue weighted by atomic mass is 10.1. The third kappa shape index (κ3) is 2.20.